The van der Waals surface area contributed by atoms with Crippen LogP contribution in [0.25, 0.3) is 0 Å². The number of allylic oxidation sites excluding steroid dienone is 1. The largest absolute Gasteiger partial charge is 0.401 e. The van der Waals surface area contributed by atoms with Crippen LogP contribution in [0.3, 0.4) is 0 Å². The van der Waals surface area contributed by atoms with E-state index in [1.54, 1.807) is 0 Å². The first kappa shape index (κ1) is 17.2. The van der Waals surface area contributed by atoms with Crippen molar-refractivity contribution in [3.05, 3.63) is 72.8 Å². The second-order valence-corrected chi connectivity index (χ2v) is 12.2. The Morgan fingerprint density at radius 2 is 1.33 bits per heavy atom. The molecule has 2 heteroatoms. The quantitative estimate of drug-likeness (QED) is 0.589. The lowest BCUT2D eigenvalue weighted by molar-refractivity contribution is 0.222. The third kappa shape index (κ3) is 3.13. The number of rotatable bonds is 4. The number of benzene rings is 2. The summed E-state index contributed by atoms with van der Waals surface area (Å²) in [6.45, 7) is 9.27. The van der Waals surface area contributed by atoms with Gasteiger partial charge in [-0.2, -0.15) is 0 Å². The summed E-state index contributed by atoms with van der Waals surface area (Å²) in [6, 6.07) is 21.8. The second kappa shape index (κ2) is 6.70. The van der Waals surface area contributed by atoms with E-state index in [1.807, 2.05) is 0 Å². The maximum atomic E-state index is 7.06. The molecule has 2 aromatic carbocycles. The van der Waals surface area contributed by atoms with Crippen LogP contribution in [-0.4, -0.2) is 14.4 Å². The molecule has 0 bridgehead atoms. The van der Waals surface area contributed by atoms with Gasteiger partial charge in [0.2, 0.25) is 0 Å². The molecule has 0 spiro atoms. The lowest BCUT2D eigenvalue weighted by Gasteiger charge is -2.44. The maximum Gasteiger partial charge on any atom is 0.261 e. The molecule has 0 radical (unpaired) electrons. The van der Waals surface area contributed by atoms with Crippen LogP contribution in [0.2, 0.25) is 5.04 Å². The van der Waals surface area contributed by atoms with Crippen molar-refractivity contribution >= 4 is 18.7 Å². The summed E-state index contributed by atoms with van der Waals surface area (Å²) in [7, 11) is -2.40. The summed E-state index contributed by atoms with van der Waals surface area (Å²) in [5.74, 6) is 0.605. The SMILES string of the molecule is C[C@H]1C=C[C@@H](O[Si](c2ccccc2)(c2ccccc2)C(C)(C)C)C1. The molecule has 0 unspecified atom stereocenters. The Morgan fingerprint density at radius 3 is 1.71 bits per heavy atom. The average Bonchev–Trinajstić information content (AvgIpc) is 2.98. The van der Waals surface area contributed by atoms with Gasteiger partial charge >= 0.3 is 0 Å². The van der Waals surface area contributed by atoms with E-state index in [-0.39, 0.29) is 11.1 Å². The molecule has 126 valence electrons. The molecule has 0 amide bonds. The van der Waals surface area contributed by atoms with E-state index in [4.69, 9.17) is 4.43 Å². The summed E-state index contributed by atoms with van der Waals surface area (Å²) >= 11 is 0. The fourth-order valence-corrected chi connectivity index (χ4v) is 8.49. The molecular formula is C22H28OSi. The molecule has 3 rings (SSSR count). The minimum absolute atomic E-state index is 0.0510. The zero-order valence-corrected chi connectivity index (χ0v) is 16.2. The van der Waals surface area contributed by atoms with E-state index < -0.39 is 8.32 Å². The van der Waals surface area contributed by atoms with E-state index in [0.717, 1.165) is 6.42 Å². The van der Waals surface area contributed by atoms with E-state index >= 15 is 0 Å². The second-order valence-electron chi connectivity index (χ2n) is 7.92. The predicted molar refractivity (Wildman–Crippen MR) is 105 cm³/mol. The Hall–Kier alpha value is -1.64. The van der Waals surface area contributed by atoms with Crippen molar-refractivity contribution in [3.8, 4) is 0 Å². The van der Waals surface area contributed by atoms with Crippen molar-refractivity contribution in [3.63, 3.8) is 0 Å². The fraction of sp³-hybridized carbons (Fsp3) is 0.364. The topological polar surface area (TPSA) is 9.23 Å². The van der Waals surface area contributed by atoms with Gasteiger partial charge in [-0.15, -0.1) is 0 Å². The summed E-state index contributed by atoms with van der Waals surface area (Å²) in [5.41, 5.74) is 0. The molecule has 0 heterocycles. The van der Waals surface area contributed by atoms with Crippen LogP contribution in [0.1, 0.15) is 34.1 Å². The highest BCUT2D eigenvalue weighted by Gasteiger charge is 2.51. The van der Waals surface area contributed by atoms with Crippen LogP contribution in [0.4, 0.5) is 0 Å². The Kier molecular flexibility index (Phi) is 4.80. The van der Waals surface area contributed by atoms with Crippen LogP contribution in [0.5, 0.6) is 0 Å². The summed E-state index contributed by atoms with van der Waals surface area (Å²) in [4.78, 5) is 0. The molecule has 0 N–H and O–H groups in total. The molecule has 2 atom stereocenters. The highest BCUT2D eigenvalue weighted by Crippen LogP contribution is 2.39. The van der Waals surface area contributed by atoms with Gasteiger partial charge < -0.3 is 4.43 Å². The Balaban J connectivity index is 2.16. The fourth-order valence-electron chi connectivity index (χ4n) is 3.84. The van der Waals surface area contributed by atoms with Crippen molar-refractivity contribution in [2.24, 2.45) is 5.92 Å². The maximum absolute atomic E-state index is 7.06. The minimum Gasteiger partial charge on any atom is -0.401 e. The average molecular weight is 337 g/mol. The molecule has 1 aliphatic carbocycles. The highest BCUT2D eigenvalue weighted by atomic mass is 28.4. The zero-order chi connectivity index (χ0) is 17.2. The lowest BCUT2D eigenvalue weighted by atomic mass is 10.1. The van der Waals surface area contributed by atoms with Gasteiger partial charge in [-0.05, 0) is 27.8 Å². The van der Waals surface area contributed by atoms with Gasteiger partial charge in [0.1, 0.15) is 0 Å². The first-order valence-corrected chi connectivity index (χ1v) is 10.8. The van der Waals surface area contributed by atoms with Gasteiger partial charge in [0.15, 0.2) is 0 Å². The highest BCUT2D eigenvalue weighted by molar-refractivity contribution is 6.99. The molecule has 0 aromatic heterocycles. The molecule has 0 fully saturated rings. The number of hydrogen-bond donors (Lipinski definition) is 0. The third-order valence-corrected chi connectivity index (χ3v) is 10.1. The molecule has 1 nitrogen and oxygen atoms in total. The Bertz CT molecular complexity index is 645. The molecule has 0 saturated carbocycles. The van der Waals surface area contributed by atoms with Crippen LogP contribution < -0.4 is 10.4 Å². The van der Waals surface area contributed by atoms with Gasteiger partial charge in [-0.25, -0.2) is 0 Å². The van der Waals surface area contributed by atoms with Crippen molar-refractivity contribution in [1.82, 2.24) is 0 Å². The Morgan fingerprint density at radius 1 is 0.833 bits per heavy atom. The first-order chi connectivity index (χ1) is 11.4. The van der Waals surface area contributed by atoms with Gasteiger partial charge in [0.25, 0.3) is 8.32 Å². The smallest absolute Gasteiger partial charge is 0.261 e. The normalized spacial score (nSPS) is 21.2. The van der Waals surface area contributed by atoms with Crippen molar-refractivity contribution in [2.45, 2.75) is 45.3 Å². The van der Waals surface area contributed by atoms with Crippen LogP contribution in [0, 0.1) is 5.92 Å². The van der Waals surface area contributed by atoms with Crippen LogP contribution >= 0.6 is 0 Å². The van der Waals surface area contributed by atoms with Crippen molar-refractivity contribution in [2.75, 3.05) is 0 Å². The van der Waals surface area contributed by atoms with E-state index in [2.05, 4.69) is 101 Å². The summed E-state index contributed by atoms with van der Waals surface area (Å²) < 4.78 is 7.06. The lowest BCUT2D eigenvalue weighted by Crippen LogP contribution is -2.67. The Labute approximate surface area is 147 Å². The molecule has 1 aliphatic rings. The van der Waals surface area contributed by atoms with Crippen LogP contribution in [0.15, 0.2) is 72.8 Å². The molecule has 24 heavy (non-hydrogen) atoms. The van der Waals surface area contributed by atoms with Gasteiger partial charge in [0, 0.05) is 0 Å². The molecule has 0 aliphatic heterocycles. The van der Waals surface area contributed by atoms with Crippen LogP contribution in [-0.2, 0) is 4.43 Å². The first-order valence-electron chi connectivity index (χ1n) is 8.91. The predicted octanol–water partition coefficient (Wildman–Crippen LogP) is 4.53. The van der Waals surface area contributed by atoms with Gasteiger partial charge in [0.05, 0.1) is 6.10 Å². The van der Waals surface area contributed by atoms with Crippen molar-refractivity contribution < 1.29 is 4.43 Å². The standard InChI is InChI=1S/C22H28OSi/c1-18-15-16-19(17-18)23-24(22(2,3)4,20-11-7-5-8-12-20)21-13-9-6-10-14-21/h5-16,18-19H,17H2,1-4H3/t18-,19+/m0/s1. The molecule has 2 aromatic rings. The summed E-state index contributed by atoms with van der Waals surface area (Å²) in [5, 5.41) is 2.77. The van der Waals surface area contributed by atoms with Gasteiger partial charge in [-0.3, -0.25) is 0 Å². The van der Waals surface area contributed by atoms with E-state index in [0.29, 0.717) is 5.92 Å². The molecule has 0 saturated heterocycles. The molecular weight excluding hydrogens is 308 g/mol. The monoisotopic (exact) mass is 336 g/mol. The van der Waals surface area contributed by atoms with Gasteiger partial charge in [-0.1, -0.05) is 101 Å². The third-order valence-electron chi connectivity index (χ3n) is 5.00. The van der Waals surface area contributed by atoms with Crippen molar-refractivity contribution in [1.29, 1.82) is 0 Å². The van der Waals surface area contributed by atoms with E-state index in [1.165, 1.54) is 10.4 Å². The zero-order valence-electron chi connectivity index (χ0n) is 15.2. The van der Waals surface area contributed by atoms with E-state index in [9.17, 15) is 0 Å². The summed E-state index contributed by atoms with van der Waals surface area (Å²) in [6.07, 6.45) is 5.86. The minimum atomic E-state index is -2.40. The number of hydrogen-bond acceptors (Lipinski definition) is 1.